The summed E-state index contributed by atoms with van der Waals surface area (Å²) in [6, 6.07) is 0.574. The van der Waals surface area contributed by atoms with Gasteiger partial charge in [-0.1, -0.05) is 6.42 Å². The van der Waals surface area contributed by atoms with E-state index in [1.54, 1.807) is 0 Å². The molecule has 0 aromatic rings. The van der Waals surface area contributed by atoms with E-state index in [1.807, 2.05) is 4.90 Å². The van der Waals surface area contributed by atoms with Gasteiger partial charge in [-0.2, -0.15) is 0 Å². The van der Waals surface area contributed by atoms with Crippen molar-refractivity contribution >= 4 is 5.91 Å². The highest BCUT2D eigenvalue weighted by atomic mass is 16.2. The Kier molecular flexibility index (Phi) is 2.26. The van der Waals surface area contributed by atoms with E-state index in [1.165, 1.54) is 19.3 Å². The molecule has 0 spiro atoms. The monoisotopic (exact) mass is 177 g/mol. The third kappa shape index (κ3) is 1.44. The zero-order chi connectivity index (χ0) is 9.26. The van der Waals surface area contributed by atoms with Crippen LogP contribution in [0.3, 0.4) is 0 Å². The van der Waals surface area contributed by atoms with Crippen LogP contribution in [0.15, 0.2) is 0 Å². The van der Waals surface area contributed by atoms with Crippen LogP contribution in [0.1, 0.15) is 32.1 Å². The summed E-state index contributed by atoms with van der Waals surface area (Å²) in [5.74, 6) is 3.59. The van der Waals surface area contributed by atoms with E-state index in [2.05, 4.69) is 5.92 Å². The highest BCUT2D eigenvalue weighted by Crippen LogP contribution is 2.39. The van der Waals surface area contributed by atoms with E-state index >= 15 is 0 Å². The number of amides is 1. The summed E-state index contributed by atoms with van der Waals surface area (Å²) in [6.45, 7) is 0.994. The summed E-state index contributed by atoms with van der Waals surface area (Å²) in [7, 11) is 0. The van der Waals surface area contributed by atoms with Crippen molar-refractivity contribution in [2.45, 2.75) is 38.1 Å². The molecule has 2 atom stereocenters. The average Bonchev–Trinajstić information content (AvgIpc) is 2.44. The summed E-state index contributed by atoms with van der Waals surface area (Å²) in [6.07, 6.45) is 10.1. The number of hydrogen-bond donors (Lipinski definition) is 0. The Morgan fingerprint density at radius 1 is 1.54 bits per heavy atom. The van der Waals surface area contributed by atoms with Crippen molar-refractivity contribution in [3.8, 4) is 12.3 Å². The van der Waals surface area contributed by atoms with Crippen LogP contribution in [0, 0.1) is 18.3 Å². The molecule has 1 saturated heterocycles. The molecule has 2 rings (SSSR count). The molecule has 2 aliphatic rings. The highest BCUT2D eigenvalue weighted by Gasteiger charge is 2.43. The van der Waals surface area contributed by atoms with Crippen molar-refractivity contribution in [1.82, 2.24) is 4.90 Å². The maximum atomic E-state index is 11.6. The predicted molar refractivity (Wildman–Crippen MR) is 50.9 cm³/mol. The molecule has 1 amide bonds. The SMILES string of the molecule is C#CCCC(=O)N1CC2CCCC21. The van der Waals surface area contributed by atoms with Gasteiger partial charge in [-0.25, -0.2) is 0 Å². The van der Waals surface area contributed by atoms with E-state index in [4.69, 9.17) is 6.42 Å². The number of fused-ring (bicyclic) bond motifs is 1. The number of carbonyl (C=O) groups is 1. The predicted octanol–water partition coefficient (Wildman–Crippen LogP) is 1.41. The number of nitrogens with zero attached hydrogens (tertiary/aromatic N) is 1. The first-order chi connectivity index (χ1) is 6.33. The number of likely N-dealkylation sites (tertiary alicyclic amines) is 1. The minimum atomic E-state index is 0.265. The van der Waals surface area contributed by atoms with Gasteiger partial charge >= 0.3 is 0 Å². The lowest BCUT2D eigenvalue weighted by Crippen LogP contribution is -2.55. The van der Waals surface area contributed by atoms with Crippen molar-refractivity contribution in [1.29, 1.82) is 0 Å². The van der Waals surface area contributed by atoms with Crippen LogP contribution in [-0.2, 0) is 4.79 Å². The van der Waals surface area contributed by atoms with Gasteiger partial charge in [0.25, 0.3) is 0 Å². The molecule has 2 heteroatoms. The van der Waals surface area contributed by atoms with Gasteiger partial charge in [-0.05, 0) is 18.8 Å². The second-order valence-electron chi connectivity index (χ2n) is 4.01. The lowest BCUT2D eigenvalue weighted by atomic mass is 9.91. The van der Waals surface area contributed by atoms with Gasteiger partial charge in [0.05, 0.1) is 0 Å². The Balaban J connectivity index is 1.83. The van der Waals surface area contributed by atoms with Crippen LogP contribution in [-0.4, -0.2) is 23.4 Å². The molecule has 0 aromatic carbocycles. The minimum Gasteiger partial charge on any atom is -0.339 e. The van der Waals surface area contributed by atoms with Crippen LogP contribution >= 0.6 is 0 Å². The van der Waals surface area contributed by atoms with Crippen molar-refractivity contribution in [2.75, 3.05) is 6.54 Å². The molecule has 1 heterocycles. The quantitative estimate of drug-likeness (QED) is 0.584. The van der Waals surface area contributed by atoms with Gasteiger partial charge in [0.15, 0.2) is 0 Å². The molecule has 2 unspecified atom stereocenters. The molecule has 13 heavy (non-hydrogen) atoms. The second kappa shape index (κ2) is 3.41. The first-order valence-electron chi connectivity index (χ1n) is 5.06. The van der Waals surface area contributed by atoms with Gasteiger partial charge < -0.3 is 4.90 Å². The van der Waals surface area contributed by atoms with Gasteiger partial charge in [0.1, 0.15) is 0 Å². The Morgan fingerprint density at radius 3 is 3.08 bits per heavy atom. The Morgan fingerprint density at radius 2 is 2.38 bits per heavy atom. The lowest BCUT2D eigenvalue weighted by molar-refractivity contribution is -0.141. The molecule has 0 radical (unpaired) electrons. The summed E-state index contributed by atoms with van der Waals surface area (Å²) < 4.78 is 0. The Labute approximate surface area is 79.3 Å². The average molecular weight is 177 g/mol. The first kappa shape index (κ1) is 8.62. The third-order valence-corrected chi connectivity index (χ3v) is 3.25. The molecule has 2 fully saturated rings. The third-order valence-electron chi connectivity index (χ3n) is 3.25. The Bertz CT molecular complexity index is 253. The molecule has 70 valence electrons. The fraction of sp³-hybridized carbons (Fsp3) is 0.727. The summed E-state index contributed by atoms with van der Waals surface area (Å²) >= 11 is 0. The summed E-state index contributed by atoms with van der Waals surface area (Å²) in [4.78, 5) is 13.6. The van der Waals surface area contributed by atoms with Crippen LogP contribution < -0.4 is 0 Å². The van der Waals surface area contributed by atoms with Crippen LogP contribution in [0.2, 0.25) is 0 Å². The molecule has 0 N–H and O–H groups in total. The molecule has 0 bridgehead atoms. The van der Waals surface area contributed by atoms with Crippen LogP contribution in [0.4, 0.5) is 0 Å². The minimum absolute atomic E-state index is 0.265. The smallest absolute Gasteiger partial charge is 0.223 e. The number of terminal acetylenes is 1. The van der Waals surface area contributed by atoms with Gasteiger partial charge in [0, 0.05) is 25.4 Å². The van der Waals surface area contributed by atoms with Gasteiger partial charge in [-0.15, -0.1) is 12.3 Å². The standard InChI is InChI=1S/C11H15NO/c1-2-3-7-11(13)12-8-9-5-4-6-10(9)12/h1,9-10H,3-8H2. The molecule has 0 aromatic heterocycles. The first-order valence-corrected chi connectivity index (χ1v) is 5.06. The Hall–Kier alpha value is -0.970. The molecule has 1 aliphatic carbocycles. The van der Waals surface area contributed by atoms with Crippen molar-refractivity contribution in [2.24, 2.45) is 5.92 Å². The van der Waals surface area contributed by atoms with E-state index in [9.17, 15) is 4.79 Å². The van der Waals surface area contributed by atoms with Crippen molar-refractivity contribution in [3.63, 3.8) is 0 Å². The largest absolute Gasteiger partial charge is 0.339 e. The van der Waals surface area contributed by atoms with Crippen LogP contribution in [0.25, 0.3) is 0 Å². The number of hydrogen-bond acceptors (Lipinski definition) is 1. The van der Waals surface area contributed by atoms with Crippen LogP contribution in [0.5, 0.6) is 0 Å². The van der Waals surface area contributed by atoms with Gasteiger partial charge in [0.2, 0.25) is 5.91 Å². The molecule has 1 aliphatic heterocycles. The zero-order valence-electron chi connectivity index (χ0n) is 7.83. The lowest BCUT2D eigenvalue weighted by Gasteiger charge is -2.44. The van der Waals surface area contributed by atoms with Crippen molar-refractivity contribution in [3.05, 3.63) is 0 Å². The fourth-order valence-electron chi connectivity index (χ4n) is 2.50. The van der Waals surface area contributed by atoms with E-state index in [0.29, 0.717) is 18.9 Å². The van der Waals surface area contributed by atoms with Gasteiger partial charge in [-0.3, -0.25) is 4.79 Å². The number of rotatable bonds is 2. The maximum absolute atomic E-state index is 11.6. The highest BCUT2D eigenvalue weighted by molar-refractivity contribution is 5.77. The molecule has 1 saturated carbocycles. The van der Waals surface area contributed by atoms with E-state index in [-0.39, 0.29) is 5.91 Å². The maximum Gasteiger partial charge on any atom is 0.223 e. The van der Waals surface area contributed by atoms with Crippen molar-refractivity contribution < 1.29 is 4.79 Å². The summed E-state index contributed by atoms with van der Waals surface area (Å²) in [5, 5.41) is 0. The topological polar surface area (TPSA) is 20.3 Å². The second-order valence-corrected chi connectivity index (χ2v) is 4.01. The number of carbonyl (C=O) groups excluding carboxylic acids is 1. The van der Waals surface area contributed by atoms with E-state index < -0.39 is 0 Å². The summed E-state index contributed by atoms with van der Waals surface area (Å²) in [5.41, 5.74) is 0. The molecule has 2 nitrogen and oxygen atoms in total. The fourth-order valence-corrected chi connectivity index (χ4v) is 2.50. The normalized spacial score (nSPS) is 30.5. The molecular formula is C11H15NO. The molecular weight excluding hydrogens is 162 g/mol. The zero-order valence-corrected chi connectivity index (χ0v) is 7.83. The van der Waals surface area contributed by atoms with E-state index in [0.717, 1.165) is 12.5 Å².